The molecule has 41 heavy (non-hydrogen) atoms. The van der Waals surface area contributed by atoms with Gasteiger partial charge in [-0.15, -0.1) is 0 Å². The van der Waals surface area contributed by atoms with Crippen LogP contribution in [0.1, 0.15) is 11.1 Å². The highest BCUT2D eigenvalue weighted by Gasteiger charge is 2.17. The fourth-order valence-electron chi connectivity index (χ4n) is 4.33. The first-order valence-electron chi connectivity index (χ1n) is 12.8. The van der Waals surface area contributed by atoms with Gasteiger partial charge in [-0.3, -0.25) is 9.59 Å². The molecule has 0 saturated heterocycles. The molecule has 0 radical (unpaired) electrons. The monoisotopic (exact) mass is 562 g/mol. The SMILES string of the molecule is Cc1ccc(NC(=O)COc2ccccc2C=Nn2c(-c3cc4cc(Cl)ccc4o3)nc3ccccc3c2=O)cc1. The number of anilines is 1. The zero-order valence-corrected chi connectivity index (χ0v) is 22.6. The minimum atomic E-state index is -0.365. The maximum atomic E-state index is 13.6. The summed E-state index contributed by atoms with van der Waals surface area (Å²) in [6.45, 7) is 1.77. The van der Waals surface area contributed by atoms with Gasteiger partial charge in [-0.05, 0) is 67.6 Å². The molecule has 4 aromatic carbocycles. The number of carbonyl (C=O) groups is 1. The van der Waals surface area contributed by atoms with Crippen LogP contribution in [0.3, 0.4) is 0 Å². The van der Waals surface area contributed by atoms with E-state index in [2.05, 4.69) is 10.4 Å². The lowest BCUT2D eigenvalue weighted by Crippen LogP contribution is -2.21. The lowest BCUT2D eigenvalue weighted by Gasteiger charge is -2.10. The number of nitrogens with one attached hydrogen (secondary N) is 1. The zero-order chi connectivity index (χ0) is 28.3. The number of rotatable bonds is 7. The Morgan fingerprint density at radius 1 is 1.02 bits per heavy atom. The molecule has 0 fully saturated rings. The van der Waals surface area contributed by atoms with Crippen LogP contribution in [0.2, 0.25) is 5.02 Å². The third-order valence-electron chi connectivity index (χ3n) is 6.38. The lowest BCUT2D eigenvalue weighted by molar-refractivity contribution is -0.118. The molecule has 1 N–H and O–H groups in total. The normalized spacial score (nSPS) is 11.4. The topological polar surface area (TPSA) is 98.7 Å². The third-order valence-corrected chi connectivity index (χ3v) is 6.61. The molecule has 0 spiro atoms. The Kier molecular flexibility index (Phi) is 7.06. The first-order chi connectivity index (χ1) is 19.9. The number of para-hydroxylation sites is 2. The summed E-state index contributed by atoms with van der Waals surface area (Å²) in [4.78, 5) is 30.8. The van der Waals surface area contributed by atoms with Crippen molar-refractivity contribution < 1.29 is 13.9 Å². The summed E-state index contributed by atoms with van der Waals surface area (Å²) in [7, 11) is 0. The summed E-state index contributed by atoms with van der Waals surface area (Å²) in [5, 5.41) is 9.06. The van der Waals surface area contributed by atoms with E-state index in [0.29, 0.717) is 44.3 Å². The van der Waals surface area contributed by atoms with Crippen LogP contribution in [-0.2, 0) is 4.79 Å². The largest absolute Gasteiger partial charge is 0.483 e. The number of nitrogens with zero attached hydrogens (tertiary/aromatic N) is 3. The summed E-state index contributed by atoms with van der Waals surface area (Å²) in [5.41, 5.74) is 3.10. The number of benzene rings is 4. The number of hydrogen-bond donors (Lipinski definition) is 1. The van der Waals surface area contributed by atoms with Gasteiger partial charge < -0.3 is 14.5 Å². The fourth-order valence-corrected chi connectivity index (χ4v) is 4.51. The Hall–Kier alpha value is -5.21. The van der Waals surface area contributed by atoms with E-state index in [9.17, 15) is 9.59 Å². The summed E-state index contributed by atoms with van der Waals surface area (Å²) in [6.07, 6.45) is 1.49. The van der Waals surface area contributed by atoms with E-state index >= 15 is 0 Å². The van der Waals surface area contributed by atoms with Crippen LogP contribution in [0.5, 0.6) is 5.75 Å². The minimum absolute atomic E-state index is 0.205. The molecule has 9 heteroatoms. The molecule has 0 aliphatic heterocycles. The summed E-state index contributed by atoms with van der Waals surface area (Å²) in [6, 6.07) is 28.7. The molecule has 0 aliphatic carbocycles. The molecule has 6 rings (SSSR count). The van der Waals surface area contributed by atoms with Crippen molar-refractivity contribution in [2.75, 3.05) is 11.9 Å². The Balaban J connectivity index is 1.33. The average molecular weight is 563 g/mol. The number of furan rings is 1. The third kappa shape index (κ3) is 5.59. The van der Waals surface area contributed by atoms with Gasteiger partial charge in [0.05, 0.1) is 17.1 Å². The molecule has 202 valence electrons. The van der Waals surface area contributed by atoms with Crippen molar-refractivity contribution in [3.8, 4) is 17.3 Å². The van der Waals surface area contributed by atoms with Crippen LogP contribution in [0.4, 0.5) is 5.69 Å². The molecule has 0 bridgehead atoms. The molecular formula is C32H23ClN4O4. The molecule has 0 unspecified atom stereocenters. The van der Waals surface area contributed by atoms with Crippen LogP contribution in [0, 0.1) is 6.92 Å². The molecule has 8 nitrogen and oxygen atoms in total. The first kappa shape index (κ1) is 26.0. The van der Waals surface area contributed by atoms with Crippen LogP contribution >= 0.6 is 11.6 Å². The molecule has 0 aliphatic rings. The number of hydrogen-bond acceptors (Lipinski definition) is 6. The van der Waals surface area contributed by atoms with Crippen molar-refractivity contribution in [1.82, 2.24) is 9.66 Å². The van der Waals surface area contributed by atoms with Crippen LogP contribution in [0.25, 0.3) is 33.5 Å². The molecule has 2 heterocycles. The van der Waals surface area contributed by atoms with Gasteiger partial charge in [-0.25, -0.2) is 4.98 Å². The molecule has 1 amide bonds. The molecule has 0 atom stereocenters. The number of fused-ring (bicyclic) bond motifs is 2. The van der Waals surface area contributed by atoms with Crippen LogP contribution < -0.4 is 15.6 Å². The van der Waals surface area contributed by atoms with Crippen LogP contribution in [-0.4, -0.2) is 28.4 Å². The lowest BCUT2D eigenvalue weighted by atomic mass is 10.2. The van der Waals surface area contributed by atoms with Gasteiger partial charge in [0.15, 0.2) is 12.4 Å². The molecule has 6 aromatic rings. The Labute approximate surface area is 239 Å². The van der Waals surface area contributed by atoms with E-state index in [0.717, 1.165) is 10.9 Å². The number of amides is 1. The molecule has 2 aromatic heterocycles. The van der Waals surface area contributed by atoms with E-state index in [-0.39, 0.29) is 23.9 Å². The van der Waals surface area contributed by atoms with Gasteiger partial charge in [0.25, 0.3) is 11.5 Å². The second-order valence-electron chi connectivity index (χ2n) is 9.35. The average Bonchev–Trinajstić information content (AvgIpc) is 3.40. The molecular weight excluding hydrogens is 540 g/mol. The highest BCUT2D eigenvalue weighted by atomic mass is 35.5. The number of aryl methyl sites for hydroxylation is 1. The van der Waals surface area contributed by atoms with Gasteiger partial charge >= 0.3 is 0 Å². The summed E-state index contributed by atoms with van der Waals surface area (Å²) < 4.78 is 13.0. The predicted molar refractivity (Wildman–Crippen MR) is 161 cm³/mol. The summed E-state index contributed by atoms with van der Waals surface area (Å²) >= 11 is 6.16. The van der Waals surface area contributed by atoms with Crippen molar-refractivity contribution in [2.45, 2.75) is 6.92 Å². The minimum Gasteiger partial charge on any atom is -0.483 e. The number of aromatic nitrogens is 2. The first-order valence-corrected chi connectivity index (χ1v) is 13.2. The predicted octanol–water partition coefficient (Wildman–Crippen LogP) is 6.67. The maximum Gasteiger partial charge on any atom is 0.282 e. The second-order valence-corrected chi connectivity index (χ2v) is 9.78. The number of carbonyl (C=O) groups excluding carboxylic acids is 1. The van der Waals surface area contributed by atoms with E-state index in [4.69, 9.17) is 25.7 Å². The quantitative estimate of drug-likeness (QED) is 0.219. The standard InChI is InChI=1S/C32H23ClN4O4/c1-20-10-13-24(14-11-20)35-30(38)19-40-27-9-5-2-6-21(27)18-34-37-31(36-26-8-4-3-7-25(26)32(37)39)29-17-22-16-23(33)12-15-28(22)41-29/h2-18H,19H2,1H3,(H,35,38). The highest BCUT2D eigenvalue weighted by molar-refractivity contribution is 6.31. The highest BCUT2D eigenvalue weighted by Crippen LogP contribution is 2.29. The van der Waals surface area contributed by atoms with Gasteiger partial charge in [0.2, 0.25) is 5.82 Å². The van der Waals surface area contributed by atoms with E-state index in [1.807, 2.05) is 43.3 Å². The van der Waals surface area contributed by atoms with Crippen molar-refractivity contribution in [3.05, 3.63) is 124 Å². The van der Waals surface area contributed by atoms with Gasteiger partial charge in [-0.1, -0.05) is 53.6 Å². The number of ether oxygens (including phenoxy) is 1. The van der Waals surface area contributed by atoms with Crippen LogP contribution in [0.15, 0.2) is 111 Å². The maximum absolute atomic E-state index is 13.6. The van der Waals surface area contributed by atoms with E-state index < -0.39 is 0 Å². The van der Waals surface area contributed by atoms with Crippen molar-refractivity contribution in [2.24, 2.45) is 5.10 Å². The van der Waals surface area contributed by atoms with Crippen molar-refractivity contribution in [1.29, 1.82) is 0 Å². The van der Waals surface area contributed by atoms with Crippen molar-refractivity contribution in [3.63, 3.8) is 0 Å². The Morgan fingerprint density at radius 3 is 2.66 bits per heavy atom. The second kappa shape index (κ2) is 11.1. The van der Waals surface area contributed by atoms with E-state index in [1.165, 1.54) is 10.9 Å². The Bertz CT molecular complexity index is 1990. The van der Waals surface area contributed by atoms with Crippen molar-refractivity contribution >= 4 is 51.3 Å². The van der Waals surface area contributed by atoms with Gasteiger partial charge in [-0.2, -0.15) is 9.78 Å². The Morgan fingerprint density at radius 2 is 1.80 bits per heavy atom. The van der Waals surface area contributed by atoms with Gasteiger partial charge in [0, 0.05) is 21.7 Å². The van der Waals surface area contributed by atoms with E-state index in [1.54, 1.807) is 60.7 Å². The zero-order valence-electron chi connectivity index (χ0n) is 21.9. The molecule has 0 saturated carbocycles. The van der Waals surface area contributed by atoms with Gasteiger partial charge in [0.1, 0.15) is 11.3 Å². The summed E-state index contributed by atoms with van der Waals surface area (Å²) in [5.74, 6) is 0.715. The smallest absolute Gasteiger partial charge is 0.282 e. The fraction of sp³-hybridized carbons (Fsp3) is 0.0625. The number of halogens is 1.